The fourth-order valence-electron chi connectivity index (χ4n) is 7.80. The fourth-order valence-corrected chi connectivity index (χ4v) is 14.4. The Balaban J connectivity index is 0.000000319. The Hall–Kier alpha value is -1.83. The molecule has 0 unspecified atom stereocenters. The van der Waals surface area contributed by atoms with Crippen molar-refractivity contribution in [3.63, 3.8) is 0 Å². The van der Waals surface area contributed by atoms with Gasteiger partial charge in [-0.25, -0.2) is 0 Å². The molecule has 2 saturated carbocycles. The average Bonchev–Trinajstić information content (AvgIpc) is 3.57. The number of rotatable bonds is 6. The summed E-state index contributed by atoms with van der Waals surface area (Å²) in [6.07, 6.45) is 13.7. The van der Waals surface area contributed by atoms with Crippen LogP contribution in [0, 0.1) is 0 Å². The summed E-state index contributed by atoms with van der Waals surface area (Å²) in [6, 6.07) is 46.0. The summed E-state index contributed by atoms with van der Waals surface area (Å²) in [6.45, 7) is 0.293. The molecule has 3 aliphatic rings. The Labute approximate surface area is 290 Å². The van der Waals surface area contributed by atoms with E-state index in [4.69, 9.17) is 19.4 Å². The zero-order chi connectivity index (χ0) is 31.6. The Morgan fingerprint density at radius 3 is 1.20 bits per heavy atom. The monoisotopic (exact) mass is 758 g/mol. The molecule has 0 amide bonds. The van der Waals surface area contributed by atoms with E-state index >= 15 is 0 Å². The first-order chi connectivity index (χ1) is 22.7. The molecular weight excluding hydrogens is 711 g/mol. The van der Waals surface area contributed by atoms with E-state index in [0.717, 1.165) is 5.56 Å². The first-order valence-corrected chi connectivity index (χ1v) is 24.3. The van der Waals surface area contributed by atoms with Crippen molar-refractivity contribution in [3.8, 4) is 0 Å². The molecule has 0 bridgehead atoms. The van der Waals surface area contributed by atoms with Gasteiger partial charge in [-0.2, -0.15) is 0 Å². The van der Waals surface area contributed by atoms with Gasteiger partial charge in [-0.1, -0.05) is 130 Å². The van der Waals surface area contributed by atoms with Gasteiger partial charge in [-0.15, -0.1) is 0 Å². The van der Waals surface area contributed by atoms with Gasteiger partial charge in [0.2, 0.25) is 0 Å². The SMILES string of the molecule is [Cl][Ru]([Cl])=[CH]c1ccccc1.c1ccc(P(=C2N(C3CCCCC3)CCN2C2CCCCC2)(c2ccccc2)c2ccccc2)cc1. The third-order valence-corrected chi connectivity index (χ3v) is 16.1. The van der Waals surface area contributed by atoms with Gasteiger partial charge in [0.15, 0.2) is 0 Å². The van der Waals surface area contributed by atoms with Gasteiger partial charge < -0.3 is 0 Å². The van der Waals surface area contributed by atoms with Crippen molar-refractivity contribution in [2.24, 2.45) is 0 Å². The second kappa shape index (κ2) is 17.0. The van der Waals surface area contributed by atoms with Crippen molar-refractivity contribution in [1.29, 1.82) is 0 Å². The Kier molecular flexibility index (Phi) is 12.6. The van der Waals surface area contributed by atoms with Gasteiger partial charge in [-0.3, -0.25) is 9.80 Å². The Bertz CT molecular complexity index is 1450. The summed E-state index contributed by atoms with van der Waals surface area (Å²) >= 11 is -1.61. The minimum Gasteiger partial charge on any atom is -0.260 e. The fraction of sp³-hybridized carbons (Fsp3) is 0.350. The van der Waals surface area contributed by atoms with Crippen LogP contribution in [0.15, 0.2) is 121 Å². The van der Waals surface area contributed by atoms with Crippen LogP contribution in [0.5, 0.6) is 0 Å². The maximum Gasteiger partial charge on any atom is 0.0721 e. The van der Waals surface area contributed by atoms with Crippen LogP contribution in [0.25, 0.3) is 0 Å². The van der Waals surface area contributed by atoms with Gasteiger partial charge in [-0.05, 0) is 41.6 Å². The van der Waals surface area contributed by atoms with Crippen molar-refractivity contribution in [3.05, 3.63) is 127 Å². The smallest absolute Gasteiger partial charge is 0.0721 e. The molecule has 0 aromatic heterocycles. The maximum atomic E-state index is 5.67. The second-order valence-electron chi connectivity index (χ2n) is 12.7. The van der Waals surface area contributed by atoms with E-state index in [-0.39, 0.29) is 0 Å². The van der Waals surface area contributed by atoms with Crippen LogP contribution in [-0.4, -0.2) is 45.1 Å². The van der Waals surface area contributed by atoms with Crippen LogP contribution < -0.4 is 15.9 Å². The van der Waals surface area contributed by atoms with E-state index in [9.17, 15) is 0 Å². The van der Waals surface area contributed by atoms with Crippen molar-refractivity contribution in [2.45, 2.75) is 76.3 Å². The summed E-state index contributed by atoms with van der Waals surface area (Å²) in [5.74, 6) is 0. The first-order valence-electron chi connectivity index (χ1n) is 17.0. The molecule has 0 radical (unpaired) electrons. The predicted molar refractivity (Wildman–Crippen MR) is 201 cm³/mol. The molecule has 6 heteroatoms. The summed E-state index contributed by atoms with van der Waals surface area (Å²) in [5.41, 5.74) is 2.79. The molecule has 46 heavy (non-hydrogen) atoms. The average molecular weight is 759 g/mol. The summed E-state index contributed by atoms with van der Waals surface area (Å²) in [4.78, 5) is 5.88. The third-order valence-electron chi connectivity index (χ3n) is 9.85. The van der Waals surface area contributed by atoms with Crippen LogP contribution >= 0.6 is 26.3 Å². The molecule has 1 saturated heterocycles. The quantitative estimate of drug-likeness (QED) is 0.143. The van der Waals surface area contributed by atoms with Gasteiger partial charge in [0.05, 0.1) is 5.54 Å². The van der Waals surface area contributed by atoms with E-state index in [1.165, 1.54) is 93.2 Å². The second-order valence-corrected chi connectivity index (χ2v) is 21.7. The molecule has 0 spiro atoms. The van der Waals surface area contributed by atoms with Crippen molar-refractivity contribution in [1.82, 2.24) is 9.80 Å². The van der Waals surface area contributed by atoms with Crippen LogP contribution in [0.1, 0.15) is 69.8 Å². The molecule has 7 rings (SSSR count). The van der Waals surface area contributed by atoms with E-state index in [2.05, 4.69) is 101 Å². The summed E-state index contributed by atoms with van der Waals surface area (Å²) < 4.78 is 1.92. The number of hydrogen-bond donors (Lipinski definition) is 0. The standard InChI is InChI=1S/C33H41N2P.C7H6.2ClH.Ru/c1-6-16-28(17-7-1)34-26-27-35(29-18-8-2-9-19-29)33(34)36(30-20-10-3-11-21-30,31-22-12-4-13-23-31)32-24-14-5-15-25-32;1-7-5-3-2-4-6-7;;;/h3-5,10-15,20-25,28-29H,1-2,6-9,16-19,26-27H2;1-6H;2*1H;/q;;;;+2/p-2. The van der Waals surface area contributed by atoms with E-state index in [1.54, 1.807) is 5.54 Å². The summed E-state index contributed by atoms with van der Waals surface area (Å²) in [5, 5.41) is 4.50. The van der Waals surface area contributed by atoms with E-state index in [0.29, 0.717) is 12.1 Å². The molecule has 1 aliphatic heterocycles. The minimum absolute atomic E-state index is 0.679. The molecular formula is C40H47Cl2N2PRu. The molecule has 2 nitrogen and oxygen atoms in total. The largest absolute Gasteiger partial charge is 0.260 e. The normalized spacial score (nSPS) is 18.9. The van der Waals surface area contributed by atoms with Crippen molar-refractivity contribution in [2.75, 3.05) is 13.1 Å². The van der Waals surface area contributed by atoms with Crippen molar-refractivity contribution < 1.29 is 13.5 Å². The Morgan fingerprint density at radius 1 is 0.500 bits per heavy atom. The number of benzene rings is 4. The van der Waals surface area contributed by atoms with Gasteiger partial charge >= 0.3 is 73.4 Å². The number of hydrogen-bond acceptors (Lipinski definition) is 0. The van der Waals surface area contributed by atoms with Crippen LogP contribution in [0.3, 0.4) is 0 Å². The van der Waals surface area contributed by atoms with Gasteiger partial charge in [0, 0.05) is 32.1 Å². The molecule has 1 heterocycles. The molecule has 0 atom stereocenters. The van der Waals surface area contributed by atoms with Crippen molar-refractivity contribution >= 4 is 52.3 Å². The molecule has 2 aliphatic carbocycles. The number of nitrogens with zero attached hydrogens (tertiary/aromatic N) is 2. The van der Waals surface area contributed by atoms with Gasteiger partial charge in [0.1, 0.15) is 0 Å². The van der Waals surface area contributed by atoms with Gasteiger partial charge in [0.25, 0.3) is 0 Å². The topological polar surface area (TPSA) is 6.48 Å². The Morgan fingerprint density at radius 2 is 0.848 bits per heavy atom. The number of halogens is 2. The zero-order valence-corrected chi connectivity index (χ0v) is 30.9. The zero-order valence-electron chi connectivity index (χ0n) is 26.7. The molecule has 4 aromatic rings. The van der Waals surface area contributed by atoms with E-state index in [1.807, 2.05) is 34.9 Å². The molecule has 0 N–H and O–H groups in total. The first kappa shape index (κ1) is 34.1. The van der Waals surface area contributed by atoms with Crippen LogP contribution in [-0.2, 0) is 13.5 Å². The third kappa shape index (κ3) is 7.89. The van der Waals surface area contributed by atoms with Crippen LogP contribution in [0.4, 0.5) is 0 Å². The van der Waals surface area contributed by atoms with Crippen LogP contribution in [0.2, 0.25) is 0 Å². The summed E-state index contributed by atoms with van der Waals surface area (Å²) in [7, 11) is 11.3. The minimum atomic E-state index is -2.08. The molecule has 4 aromatic carbocycles. The predicted octanol–water partition coefficient (Wildman–Crippen LogP) is 9.11. The molecule has 244 valence electrons. The van der Waals surface area contributed by atoms with E-state index < -0.39 is 20.4 Å². The molecule has 3 fully saturated rings. The maximum absolute atomic E-state index is 5.67.